The van der Waals surface area contributed by atoms with Crippen LogP contribution in [-0.2, 0) is 0 Å². The molecule has 0 spiro atoms. The molecule has 23 heavy (non-hydrogen) atoms. The molecule has 1 unspecified atom stereocenters. The van der Waals surface area contributed by atoms with E-state index in [2.05, 4.69) is 46.8 Å². The summed E-state index contributed by atoms with van der Waals surface area (Å²) in [6.45, 7) is 12.5. The molecule has 134 valence electrons. The zero-order valence-electron chi connectivity index (χ0n) is 16.4. The van der Waals surface area contributed by atoms with Gasteiger partial charge in [-0.25, -0.2) is 0 Å². The SMILES string of the molecule is CC(C)CCC[C@@H](C)[C@H]1CC[C@H]2[C@@H]3CC=C[C@@H](C)C3CC[C@]12C.[HH]. The second-order valence-electron chi connectivity index (χ2n) is 9.99. The number of hydrogen-bond donors (Lipinski definition) is 0. The molecule has 3 aliphatic rings. The van der Waals surface area contributed by atoms with Crippen molar-refractivity contribution in [3.63, 3.8) is 0 Å². The first-order chi connectivity index (χ1) is 10.9. The topological polar surface area (TPSA) is 0 Å². The van der Waals surface area contributed by atoms with E-state index in [-0.39, 0.29) is 1.43 Å². The number of hydrogen-bond acceptors (Lipinski definition) is 0. The smallest absolute Gasteiger partial charge is 0 e. The molecular weight excluding hydrogens is 276 g/mol. The second kappa shape index (κ2) is 6.93. The molecule has 0 aromatic carbocycles. The fourth-order valence-electron chi connectivity index (χ4n) is 6.93. The van der Waals surface area contributed by atoms with E-state index in [1.54, 1.807) is 0 Å². The Kier molecular flexibility index (Phi) is 5.29. The highest BCUT2D eigenvalue weighted by Crippen LogP contribution is 2.63. The summed E-state index contributed by atoms with van der Waals surface area (Å²) in [5.41, 5.74) is 0.656. The molecule has 2 saturated carbocycles. The van der Waals surface area contributed by atoms with Crippen LogP contribution >= 0.6 is 0 Å². The first-order valence-electron chi connectivity index (χ1n) is 10.6. The van der Waals surface area contributed by atoms with Gasteiger partial charge in [0.25, 0.3) is 0 Å². The highest BCUT2D eigenvalue weighted by molar-refractivity contribution is 5.09. The third-order valence-corrected chi connectivity index (χ3v) is 8.22. The van der Waals surface area contributed by atoms with Gasteiger partial charge in [-0.2, -0.15) is 0 Å². The quantitative estimate of drug-likeness (QED) is 0.465. The lowest BCUT2D eigenvalue weighted by atomic mass is 9.53. The van der Waals surface area contributed by atoms with Crippen LogP contribution in [0.5, 0.6) is 0 Å². The van der Waals surface area contributed by atoms with E-state index >= 15 is 0 Å². The Balaban J connectivity index is 0.00000208. The van der Waals surface area contributed by atoms with Crippen LogP contribution < -0.4 is 0 Å². The van der Waals surface area contributed by atoms with Gasteiger partial charge in [0.05, 0.1) is 0 Å². The largest absolute Gasteiger partial charge is 0.0880 e. The van der Waals surface area contributed by atoms with Gasteiger partial charge in [0.15, 0.2) is 0 Å². The van der Waals surface area contributed by atoms with Crippen molar-refractivity contribution in [3.8, 4) is 0 Å². The summed E-state index contributed by atoms with van der Waals surface area (Å²) < 4.78 is 0. The second-order valence-corrected chi connectivity index (χ2v) is 9.99. The molecule has 0 aliphatic heterocycles. The van der Waals surface area contributed by atoms with E-state index in [1.165, 1.54) is 51.4 Å². The third kappa shape index (κ3) is 3.29. The minimum atomic E-state index is 0. The maximum Gasteiger partial charge on any atom is 0 e. The van der Waals surface area contributed by atoms with Gasteiger partial charge < -0.3 is 0 Å². The van der Waals surface area contributed by atoms with Crippen LogP contribution in [0.3, 0.4) is 0 Å². The van der Waals surface area contributed by atoms with Gasteiger partial charge in [-0.15, -0.1) is 0 Å². The molecule has 0 aromatic rings. The zero-order valence-corrected chi connectivity index (χ0v) is 16.4. The average molecular weight is 319 g/mol. The van der Waals surface area contributed by atoms with E-state index in [1.807, 2.05) is 0 Å². The van der Waals surface area contributed by atoms with Crippen LogP contribution in [0.25, 0.3) is 0 Å². The van der Waals surface area contributed by atoms with Crippen LogP contribution in [0.4, 0.5) is 0 Å². The van der Waals surface area contributed by atoms with Crippen LogP contribution in [0.1, 0.15) is 87.4 Å². The van der Waals surface area contributed by atoms with E-state index in [4.69, 9.17) is 0 Å². The van der Waals surface area contributed by atoms with Gasteiger partial charge in [-0.3, -0.25) is 0 Å². The first-order valence-corrected chi connectivity index (χ1v) is 10.6. The Bertz CT molecular complexity index is 426. The molecule has 0 bridgehead atoms. The Hall–Kier alpha value is -0.260. The highest BCUT2D eigenvalue weighted by Gasteiger charge is 2.55. The van der Waals surface area contributed by atoms with Crippen LogP contribution in [0.2, 0.25) is 0 Å². The molecule has 0 N–H and O–H groups in total. The van der Waals surface area contributed by atoms with Crippen LogP contribution in [0.15, 0.2) is 12.2 Å². The first kappa shape index (κ1) is 17.6. The molecule has 7 atom stereocenters. The molecule has 0 heterocycles. The minimum Gasteiger partial charge on any atom is -0.0880 e. The van der Waals surface area contributed by atoms with Gasteiger partial charge in [0, 0.05) is 1.43 Å². The minimum absolute atomic E-state index is 0. The van der Waals surface area contributed by atoms with Crippen molar-refractivity contribution in [2.24, 2.45) is 46.8 Å². The van der Waals surface area contributed by atoms with E-state index in [9.17, 15) is 0 Å². The maximum absolute atomic E-state index is 2.69. The predicted octanol–water partition coefficient (Wildman–Crippen LogP) is 7.35. The molecule has 2 fully saturated rings. The summed E-state index contributed by atoms with van der Waals surface area (Å²) in [5, 5.41) is 0. The average Bonchev–Trinajstić information content (AvgIpc) is 2.84. The van der Waals surface area contributed by atoms with Gasteiger partial charge in [-0.1, -0.05) is 66.0 Å². The molecular formula is C23H42. The fraction of sp³-hybridized carbons (Fsp3) is 0.913. The van der Waals surface area contributed by atoms with Crippen molar-refractivity contribution < 1.29 is 1.43 Å². The lowest BCUT2D eigenvalue weighted by Crippen LogP contribution is -2.44. The predicted molar refractivity (Wildman–Crippen MR) is 103 cm³/mol. The highest BCUT2D eigenvalue weighted by atomic mass is 14.6. The van der Waals surface area contributed by atoms with Crippen molar-refractivity contribution in [1.29, 1.82) is 0 Å². The summed E-state index contributed by atoms with van der Waals surface area (Å²) in [7, 11) is 0. The molecule has 0 radical (unpaired) electrons. The standard InChI is InChI=1S/C23H40.H2/c1-16(2)8-6-10-18(4)21-12-13-22-20-11-7-9-17(3)19(20)14-15-23(21,22)5;/h7,9,16-22H,6,8,10-15H2,1-5H3;1H/t17-,18-,19?,20-,21-,22+,23-;/m1./s1. The van der Waals surface area contributed by atoms with Crippen molar-refractivity contribution in [2.75, 3.05) is 0 Å². The van der Waals surface area contributed by atoms with E-state index in [0.717, 1.165) is 41.4 Å². The van der Waals surface area contributed by atoms with Crippen molar-refractivity contribution in [3.05, 3.63) is 12.2 Å². The Morgan fingerprint density at radius 1 is 1.09 bits per heavy atom. The lowest BCUT2D eigenvalue weighted by molar-refractivity contribution is -0.0168. The molecule has 3 rings (SSSR count). The van der Waals surface area contributed by atoms with Gasteiger partial charge >= 0.3 is 0 Å². The van der Waals surface area contributed by atoms with Gasteiger partial charge in [0.1, 0.15) is 0 Å². The van der Waals surface area contributed by atoms with Crippen LogP contribution in [0, 0.1) is 46.8 Å². The van der Waals surface area contributed by atoms with Gasteiger partial charge in [0.2, 0.25) is 0 Å². The molecule has 0 heteroatoms. The molecule has 0 nitrogen and oxygen atoms in total. The van der Waals surface area contributed by atoms with E-state index < -0.39 is 0 Å². The summed E-state index contributed by atoms with van der Waals surface area (Å²) >= 11 is 0. The normalized spacial score (nSPS) is 44.2. The monoisotopic (exact) mass is 318 g/mol. The van der Waals surface area contributed by atoms with Gasteiger partial charge in [-0.05, 0) is 78.9 Å². The van der Waals surface area contributed by atoms with E-state index in [0.29, 0.717) is 5.41 Å². The summed E-state index contributed by atoms with van der Waals surface area (Å²) in [5.74, 6) is 6.67. The Morgan fingerprint density at radius 2 is 1.87 bits per heavy atom. The Morgan fingerprint density at radius 3 is 2.61 bits per heavy atom. The summed E-state index contributed by atoms with van der Waals surface area (Å²) in [6, 6.07) is 0. The fourth-order valence-corrected chi connectivity index (χ4v) is 6.93. The molecule has 0 aromatic heterocycles. The van der Waals surface area contributed by atoms with Crippen molar-refractivity contribution >= 4 is 0 Å². The van der Waals surface area contributed by atoms with Crippen molar-refractivity contribution in [1.82, 2.24) is 0 Å². The summed E-state index contributed by atoms with van der Waals surface area (Å²) in [6.07, 6.45) is 16.8. The number of rotatable bonds is 5. The number of allylic oxidation sites excluding steroid dienone is 2. The third-order valence-electron chi connectivity index (χ3n) is 8.22. The zero-order chi connectivity index (χ0) is 16.6. The van der Waals surface area contributed by atoms with Crippen LogP contribution in [-0.4, -0.2) is 0 Å². The number of fused-ring (bicyclic) bond motifs is 3. The van der Waals surface area contributed by atoms with Crippen molar-refractivity contribution in [2.45, 2.75) is 86.0 Å². The maximum atomic E-state index is 2.69. The molecule has 3 aliphatic carbocycles. The molecule has 0 amide bonds. The lowest BCUT2D eigenvalue weighted by Gasteiger charge is -2.52. The molecule has 0 saturated heterocycles. The summed E-state index contributed by atoms with van der Waals surface area (Å²) in [4.78, 5) is 0. The Labute approximate surface area is 147 Å².